The Morgan fingerprint density at radius 1 is 1.46 bits per heavy atom. The highest BCUT2D eigenvalue weighted by atomic mass is 35.5. The van der Waals surface area contributed by atoms with Crippen molar-refractivity contribution in [3.05, 3.63) is 29.3 Å². The number of thioether (sulfide) groups is 1. The smallest absolute Gasteiger partial charge is 0.304 e. The van der Waals surface area contributed by atoms with Gasteiger partial charge in [-0.15, -0.1) is 11.8 Å². The van der Waals surface area contributed by atoms with Crippen LogP contribution in [0.15, 0.2) is 29.2 Å². The molecule has 13 heavy (non-hydrogen) atoms. The van der Waals surface area contributed by atoms with E-state index in [9.17, 15) is 4.79 Å². The monoisotopic (exact) mass is 216 g/mol. The molecule has 0 bridgehead atoms. The number of benzene rings is 1. The SMILES string of the molecule is O=C(O)CCSc1ccccc1Cl. The molecule has 0 aliphatic heterocycles. The lowest BCUT2D eigenvalue weighted by Gasteiger charge is -2.01. The van der Waals surface area contributed by atoms with Gasteiger partial charge in [0, 0.05) is 10.6 Å². The quantitative estimate of drug-likeness (QED) is 0.787. The molecule has 0 saturated heterocycles. The van der Waals surface area contributed by atoms with E-state index < -0.39 is 5.97 Å². The van der Waals surface area contributed by atoms with Gasteiger partial charge < -0.3 is 5.11 Å². The molecule has 0 unspecified atom stereocenters. The van der Waals surface area contributed by atoms with Crippen LogP contribution < -0.4 is 0 Å². The first-order valence-electron chi connectivity index (χ1n) is 3.79. The van der Waals surface area contributed by atoms with E-state index in [1.54, 1.807) is 6.07 Å². The normalized spacial score (nSPS) is 9.92. The summed E-state index contributed by atoms with van der Waals surface area (Å²) in [5.74, 6) is -0.224. The van der Waals surface area contributed by atoms with Crippen molar-refractivity contribution in [2.45, 2.75) is 11.3 Å². The summed E-state index contributed by atoms with van der Waals surface area (Å²) in [4.78, 5) is 11.2. The van der Waals surface area contributed by atoms with Crippen molar-refractivity contribution >= 4 is 29.3 Å². The lowest BCUT2D eigenvalue weighted by molar-refractivity contribution is -0.136. The standard InChI is InChI=1S/C9H9ClO2S/c10-7-3-1-2-4-8(7)13-6-5-9(11)12/h1-4H,5-6H2,(H,11,12). The van der Waals surface area contributed by atoms with Crippen LogP contribution in [0, 0.1) is 0 Å². The summed E-state index contributed by atoms with van der Waals surface area (Å²) in [7, 11) is 0. The van der Waals surface area contributed by atoms with Gasteiger partial charge in [-0.2, -0.15) is 0 Å². The minimum absolute atomic E-state index is 0.163. The first kappa shape index (κ1) is 10.4. The molecule has 0 aromatic heterocycles. The Labute approximate surface area is 85.9 Å². The van der Waals surface area contributed by atoms with Crippen LogP contribution in [0.3, 0.4) is 0 Å². The Hall–Kier alpha value is -0.670. The number of hydrogen-bond acceptors (Lipinski definition) is 2. The van der Waals surface area contributed by atoms with Gasteiger partial charge in [-0.1, -0.05) is 23.7 Å². The molecule has 2 nitrogen and oxygen atoms in total. The van der Waals surface area contributed by atoms with Gasteiger partial charge in [-0.25, -0.2) is 0 Å². The Morgan fingerprint density at radius 3 is 2.77 bits per heavy atom. The third-order valence-corrected chi connectivity index (χ3v) is 2.93. The van der Waals surface area contributed by atoms with Crippen molar-refractivity contribution in [3.8, 4) is 0 Å². The summed E-state index contributed by atoms with van der Waals surface area (Å²) in [6.45, 7) is 0. The minimum Gasteiger partial charge on any atom is -0.481 e. The molecule has 0 amide bonds. The van der Waals surface area contributed by atoms with Crippen molar-refractivity contribution < 1.29 is 9.90 Å². The highest BCUT2D eigenvalue weighted by Crippen LogP contribution is 2.26. The summed E-state index contributed by atoms with van der Waals surface area (Å²) in [5, 5.41) is 9.09. The average molecular weight is 217 g/mol. The molecule has 0 saturated carbocycles. The zero-order valence-corrected chi connectivity index (χ0v) is 8.44. The van der Waals surface area contributed by atoms with E-state index in [1.807, 2.05) is 18.2 Å². The maximum atomic E-state index is 10.2. The van der Waals surface area contributed by atoms with Gasteiger partial charge >= 0.3 is 5.97 Å². The zero-order valence-electron chi connectivity index (χ0n) is 6.87. The Kier molecular flexibility index (Phi) is 4.12. The number of halogens is 1. The second-order valence-corrected chi connectivity index (χ2v) is 3.97. The molecule has 0 aliphatic carbocycles. The van der Waals surface area contributed by atoms with E-state index >= 15 is 0 Å². The van der Waals surface area contributed by atoms with Gasteiger partial charge in [0.15, 0.2) is 0 Å². The average Bonchev–Trinajstić information content (AvgIpc) is 2.08. The summed E-state index contributed by atoms with van der Waals surface area (Å²) in [5.41, 5.74) is 0. The third-order valence-electron chi connectivity index (χ3n) is 1.41. The second kappa shape index (κ2) is 5.14. The fourth-order valence-corrected chi connectivity index (χ4v) is 1.99. The van der Waals surface area contributed by atoms with Crippen LogP contribution in [0.5, 0.6) is 0 Å². The van der Waals surface area contributed by atoms with E-state index in [-0.39, 0.29) is 6.42 Å². The van der Waals surface area contributed by atoms with Gasteiger partial charge in [0.1, 0.15) is 0 Å². The number of carboxylic acids is 1. The molecular weight excluding hydrogens is 208 g/mol. The van der Waals surface area contributed by atoms with Gasteiger partial charge in [0.2, 0.25) is 0 Å². The van der Waals surface area contributed by atoms with E-state index in [0.717, 1.165) is 4.90 Å². The summed E-state index contributed by atoms with van der Waals surface area (Å²) in [6, 6.07) is 7.41. The molecule has 1 aromatic rings. The predicted molar refractivity (Wildman–Crippen MR) is 54.4 cm³/mol. The predicted octanol–water partition coefficient (Wildman–Crippen LogP) is 2.91. The Balaban J connectivity index is 2.45. The van der Waals surface area contributed by atoms with Crippen LogP contribution in [0.1, 0.15) is 6.42 Å². The highest BCUT2D eigenvalue weighted by molar-refractivity contribution is 7.99. The fourth-order valence-electron chi connectivity index (χ4n) is 0.810. The Morgan fingerprint density at radius 2 is 2.15 bits per heavy atom. The molecule has 0 radical (unpaired) electrons. The van der Waals surface area contributed by atoms with Crippen molar-refractivity contribution in [3.63, 3.8) is 0 Å². The highest BCUT2D eigenvalue weighted by Gasteiger charge is 2.01. The molecule has 1 rings (SSSR count). The first-order valence-corrected chi connectivity index (χ1v) is 5.15. The van der Waals surface area contributed by atoms with Crippen LogP contribution in [0.4, 0.5) is 0 Å². The molecule has 4 heteroatoms. The van der Waals surface area contributed by atoms with Crippen molar-refractivity contribution in [1.29, 1.82) is 0 Å². The molecule has 0 fully saturated rings. The molecule has 0 spiro atoms. The van der Waals surface area contributed by atoms with E-state index in [2.05, 4.69) is 0 Å². The maximum absolute atomic E-state index is 10.2. The number of carbonyl (C=O) groups is 1. The van der Waals surface area contributed by atoms with Crippen LogP contribution in [0.2, 0.25) is 5.02 Å². The topological polar surface area (TPSA) is 37.3 Å². The Bertz CT molecular complexity index is 301. The number of hydrogen-bond donors (Lipinski definition) is 1. The maximum Gasteiger partial charge on any atom is 0.304 e. The van der Waals surface area contributed by atoms with Crippen LogP contribution >= 0.6 is 23.4 Å². The number of rotatable bonds is 4. The summed E-state index contributed by atoms with van der Waals surface area (Å²) in [6.07, 6.45) is 0.163. The second-order valence-electron chi connectivity index (χ2n) is 2.42. The minimum atomic E-state index is -0.778. The van der Waals surface area contributed by atoms with Crippen LogP contribution in [0.25, 0.3) is 0 Å². The van der Waals surface area contributed by atoms with Crippen molar-refractivity contribution in [2.75, 3.05) is 5.75 Å². The largest absolute Gasteiger partial charge is 0.481 e. The van der Waals surface area contributed by atoms with E-state index in [0.29, 0.717) is 10.8 Å². The fraction of sp³-hybridized carbons (Fsp3) is 0.222. The molecule has 0 atom stereocenters. The number of carboxylic acid groups (broad SMARTS) is 1. The lowest BCUT2D eigenvalue weighted by atomic mass is 10.4. The van der Waals surface area contributed by atoms with E-state index in [1.165, 1.54) is 11.8 Å². The zero-order chi connectivity index (χ0) is 9.68. The number of aliphatic carboxylic acids is 1. The lowest BCUT2D eigenvalue weighted by Crippen LogP contribution is -1.95. The molecular formula is C9H9ClO2S. The van der Waals surface area contributed by atoms with Gasteiger partial charge in [-0.05, 0) is 12.1 Å². The van der Waals surface area contributed by atoms with Gasteiger partial charge in [-0.3, -0.25) is 4.79 Å². The molecule has 0 heterocycles. The molecule has 70 valence electrons. The van der Waals surface area contributed by atoms with Gasteiger partial charge in [0.05, 0.1) is 11.4 Å². The molecule has 1 aromatic carbocycles. The van der Waals surface area contributed by atoms with Crippen LogP contribution in [-0.4, -0.2) is 16.8 Å². The first-order chi connectivity index (χ1) is 6.20. The summed E-state index contributed by atoms with van der Waals surface area (Å²) >= 11 is 7.33. The van der Waals surface area contributed by atoms with Crippen molar-refractivity contribution in [1.82, 2.24) is 0 Å². The van der Waals surface area contributed by atoms with Crippen LogP contribution in [-0.2, 0) is 4.79 Å². The van der Waals surface area contributed by atoms with Crippen molar-refractivity contribution in [2.24, 2.45) is 0 Å². The summed E-state index contributed by atoms with van der Waals surface area (Å²) < 4.78 is 0. The van der Waals surface area contributed by atoms with E-state index in [4.69, 9.17) is 16.7 Å². The molecule has 0 aliphatic rings. The van der Waals surface area contributed by atoms with Gasteiger partial charge in [0.25, 0.3) is 0 Å². The third kappa shape index (κ3) is 3.70. The molecule has 1 N–H and O–H groups in total.